The molecule has 0 aliphatic heterocycles. The van der Waals surface area contributed by atoms with Crippen molar-refractivity contribution >= 4 is 33.2 Å². The van der Waals surface area contributed by atoms with Gasteiger partial charge in [-0.15, -0.1) is 0 Å². The summed E-state index contributed by atoms with van der Waals surface area (Å²) in [6.45, 7) is 7.34. The van der Waals surface area contributed by atoms with Crippen LogP contribution < -0.4 is 9.62 Å². The molecule has 1 amide bonds. The van der Waals surface area contributed by atoms with Crippen LogP contribution in [0.4, 0.5) is 5.69 Å². The van der Waals surface area contributed by atoms with Crippen LogP contribution in [0.15, 0.2) is 41.3 Å². The number of sulfonamides is 1. The molecular formula is C19H23ClN2O3S. The number of carbonyl (C=O) groups is 1. The zero-order valence-corrected chi connectivity index (χ0v) is 16.9. The molecule has 0 heterocycles. The monoisotopic (exact) mass is 394 g/mol. The highest BCUT2D eigenvalue weighted by molar-refractivity contribution is 7.89. The molecule has 0 fully saturated rings. The van der Waals surface area contributed by atoms with Gasteiger partial charge in [0.15, 0.2) is 0 Å². The number of rotatable bonds is 6. The normalized spacial score (nSPS) is 11.4. The molecule has 0 atom stereocenters. The van der Waals surface area contributed by atoms with Crippen molar-refractivity contribution in [3.8, 4) is 0 Å². The summed E-state index contributed by atoms with van der Waals surface area (Å²) in [5.41, 5.74) is 3.34. The first kappa shape index (κ1) is 20.4. The highest BCUT2D eigenvalue weighted by atomic mass is 35.5. The third kappa shape index (κ3) is 4.84. The minimum absolute atomic E-state index is 0.0828. The molecule has 0 bridgehead atoms. The van der Waals surface area contributed by atoms with Crippen LogP contribution in [0.3, 0.4) is 0 Å². The standard InChI is InChI=1S/C19H23ClN2O3S/c1-13-6-5-7-17(11-13)26(24,25)21-8-9-22(16(4)23)19-15(3)10-14(2)12-18(19)20/h5-7,10-12,21H,8-9H2,1-4H3. The van der Waals surface area contributed by atoms with E-state index in [1.165, 1.54) is 11.8 Å². The van der Waals surface area contributed by atoms with Gasteiger partial charge in [0.05, 0.1) is 15.6 Å². The molecule has 0 saturated heterocycles. The number of amides is 1. The molecule has 0 saturated carbocycles. The fourth-order valence-corrected chi connectivity index (χ4v) is 4.38. The van der Waals surface area contributed by atoms with Gasteiger partial charge in [-0.2, -0.15) is 0 Å². The topological polar surface area (TPSA) is 66.5 Å². The van der Waals surface area contributed by atoms with Gasteiger partial charge in [0, 0.05) is 20.0 Å². The quantitative estimate of drug-likeness (QED) is 0.814. The molecule has 2 aromatic rings. The van der Waals surface area contributed by atoms with Crippen molar-refractivity contribution in [2.24, 2.45) is 0 Å². The summed E-state index contributed by atoms with van der Waals surface area (Å²) in [5.74, 6) is -0.200. The predicted molar refractivity (Wildman–Crippen MR) is 105 cm³/mol. The van der Waals surface area contributed by atoms with Gasteiger partial charge >= 0.3 is 0 Å². The predicted octanol–water partition coefficient (Wildman–Crippen LogP) is 3.60. The molecule has 0 aliphatic carbocycles. The van der Waals surface area contributed by atoms with E-state index >= 15 is 0 Å². The summed E-state index contributed by atoms with van der Waals surface area (Å²) in [6, 6.07) is 10.4. The van der Waals surface area contributed by atoms with E-state index in [2.05, 4.69) is 4.72 Å². The fourth-order valence-electron chi connectivity index (χ4n) is 2.83. The lowest BCUT2D eigenvalue weighted by Gasteiger charge is -2.25. The third-order valence-corrected chi connectivity index (χ3v) is 5.72. The third-order valence-electron chi connectivity index (χ3n) is 3.98. The summed E-state index contributed by atoms with van der Waals surface area (Å²) in [7, 11) is -3.63. The number of halogens is 1. The van der Waals surface area contributed by atoms with Crippen LogP contribution in [-0.4, -0.2) is 27.4 Å². The number of nitrogens with zero attached hydrogens (tertiary/aromatic N) is 1. The van der Waals surface area contributed by atoms with E-state index < -0.39 is 10.0 Å². The maximum absolute atomic E-state index is 12.4. The Hall–Kier alpha value is -1.89. The Morgan fingerprint density at radius 1 is 1.12 bits per heavy atom. The molecule has 1 N–H and O–H groups in total. The maximum atomic E-state index is 12.4. The van der Waals surface area contributed by atoms with Crippen molar-refractivity contribution in [1.82, 2.24) is 4.72 Å². The van der Waals surface area contributed by atoms with Crippen molar-refractivity contribution in [3.63, 3.8) is 0 Å². The minimum atomic E-state index is -3.63. The minimum Gasteiger partial charge on any atom is -0.310 e. The number of hydrogen-bond donors (Lipinski definition) is 1. The van der Waals surface area contributed by atoms with Crippen LogP contribution in [0, 0.1) is 20.8 Å². The Morgan fingerprint density at radius 2 is 1.81 bits per heavy atom. The second-order valence-corrected chi connectivity index (χ2v) is 8.47. The van der Waals surface area contributed by atoms with E-state index in [0.29, 0.717) is 10.7 Å². The van der Waals surface area contributed by atoms with Crippen LogP contribution in [-0.2, 0) is 14.8 Å². The molecular weight excluding hydrogens is 372 g/mol. The van der Waals surface area contributed by atoms with Crippen LogP contribution in [0.2, 0.25) is 5.02 Å². The largest absolute Gasteiger partial charge is 0.310 e. The summed E-state index contributed by atoms with van der Waals surface area (Å²) >= 11 is 6.32. The summed E-state index contributed by atoms with van der Waals surface area (Å²) < 4.78 is 27.4. The number of carbonyl (C=O) groups excluding carboxylic acids is 1. The maximum Gasteiger partial charge on any atom is 0.240 e. The van der Waals surface area contributed by atoms with E-state index in [4.69, 9.17) is 11.6 Å². The lowest BCUT2D eigenvalue weighted by atomic mass is 10.1. The van der Waals surface area contributed by atoms with E-state index in [1.807, 2.05) is 32.9 Å². The Bertz CT molecular complexity index is 903. The van der Waals surface area contributed by atoms with E-state index in [1.54, 1.807) is 24.3 Å². The van der Waals surface area contributed by atoms with Gasteiger partial charge < -0.3 is 4.90 Å². The van der Waals surface area contributed by atoms with Crippen LogP contribution in [0.1, 0.15) is 23.6 Å². The van der Waals surface area contributed by atoms with Crippen LogP contribution in [0.5, 0.6) is 0 Å². The molecule has 7 heteroatoms. The first-order chi connectivity index (χ1) is 12.1. The lowest BCUT2D eigenvalue weighted by Crippen LogP contribution is -2.38. The van der Waals surface area contributed by atoms with Crippen LogP contribution in [0.25, 0.3) is 0 Å². The number of hydrogen-bond acceptors (Lipinski definition) is 3. The molecule has 0 aliphatic rings. The summed E-state index contributed by atoms with van der Waals surface area (Å²) in [4.78, 5) is 13.8. The zero-order chi connectivity index (χ0) is 19.5. The molecule has 140 valence electrons. The first-order valence-electron chi connectivity index (χ1n) is 8.23. The molecule has 26 heavy (non-hydrogen) atoms. The van der Waals surface area contributed by atoms with Crippen LogP contribution >= 0.6 is 11.6 Å². The lowest BCUT2D eigenvalue weighted by molar-refractivity contribution is -0.116. The summed E-state index contributed by atoms with van der Waals surface area (Å²) in [5, 5.41) is 0.472. The smallest absolute Gasteiger partial charge is 0.240 e. The molecule has 0 aromatic heterocycles. The number of nitrogens with one attached hydrogen (secondary N) is 1. The first-order valence-corrected chi connectivity index (χ1v) is 10.1. The Morgan fingerprint density at radius 3 is 2.38 bits per heavy atom. The van der Waals surface area contributed by atoms with Gasteiger partial charge in [-0.1, -0.05) is 29.8 Å². The zero-order valence-electron chi connectivity index (χ0n) is 15.3. The number of benzene rings is 2. The Labute approximate surface area is 160 Å². The van der Waals surface area contributed by atoms with Gasteiger partial charge in [0.2, 0.25) is 15.9 Å². The van der Waals surface area contributed by atoms with Crippen molar-refractivity contribution in [2.45, 2.75) is 32.6 Å². The molecule has 2 rings (SSSR count). The van der Waals surface area contributed by atoms with Gasteiger partial charge in [0.1, 0.15) is 0 Å². The molecule has 5 nitrogen and oxygen atoms in total. The van der Waals surface area contributed by atoms with E-state index in [0.717, 1.165) is 16.7 Å². The van der Waals surface area contributed by atoms with Gasteiger partial charge in [0.25, 0.3) is 0 Å². The molecule has 2 aromatic carbocycles. The number of anilines is 1. The SMILES string of the molecule is CC(=O)N(CCNS(=O)(=O)c1cccc(C)c1)c1c(C)cc(C)cc1Cl. The second kappa shape index (κ2) is 8.20. The van der Waals surface area contributed by atoms with Crippen molar-refractivity contribution in [2.75, 3.05) is 18.0 Å². The fraction of sp³-hybridized carbons (Fsp3) is 0.316. The highest BCUT2D eigenvalue weighted by Crippen LogP contribution is 2.31. The number of aryl methyl sites for hydroxylation is 3. The van der Waals surface area contributed by atoms with E-state index in [-0.39, 0.29) is 23.9 Å². The van der Waals surface area contributed by atoms with Crippen molar-refractivity contribution < 1.29 is 13.2 Å². The highest BCUT2D eigenvalue weighted by Gasteiger charge is 2.19. The van der Waals surface area contributed by atoms with Crippen molar-refractivity contribution in [1.29, 1.82) is 0 Å². The van der Waals surface area contributed by atoms with Gasteiger partial charge in [-0.3, -0.25) is 4.79 Å². The van der Waals surface area contributed by atoms with E-state index in [9.17, 15) is 13.2 Å². The average Bonchev–Trinajstić information content (AvgIpc) is 2.52. The van der Waals surface area contributed by atoms with Gasteiger partial charge in [-0.05, 0) is 55.7 Å². The molecule has 0 unspecified atom stereocenters. The molecule has 0 radical (unpaired) electrons. The Balaban J connectivity index is 2.17. The van der Waals surface area contributed by atoms with Crippen molar-refractivity contribution in [3.05, 3.63) is 58.1 Å². The summed E-state index contributed by atoms with van der Waals surface area (Å²) in [6.07, 6.45) is 0. The van der Waals surface area contributed by atoms with Gasteiger partial charge in [-0.25, -0.2) is 13.1 Å². The Kier molecular flexibility index (Phi) is 6.44. The molecule has 0 spiro atoms. The average molecular weight is 395 g/mol. The second-order valence-electron chi connectivity index (χ2n) is 6.30.